The van der Waals surface area contributed by atoms with Crippen molar-refractivity contribution in [2.24, 2.45) is 11.7 Å². The number of hydrogen-bond donors (Lipinski definition) is 1. The third-order valence-electron chi connectivity index (χ3n) is 5.93. The fraction of sp³-hybridized carbons (Fsp3) is 0.435. The Hall–Kier alpha value is -1.79. The van der Waals surface area contributed by atoms with Crippen LogP contribution in [0.4, 0.5) is 8.78 Å². The lowest BCUT2D eigenvalue weighted by atomic mass is 9.89. The van der Waals surface area contributed by atoms with E-state index in [4.69, 9.17) is 10.5 Å². The molecular formula is C23H27F2IN2O4S. The summed E-state index contributed by atoms with van der Waals surface area (Å²) >= 11 is 1.99. The molecule has 0 saturated heterocycles. The monoisotopic (exact) mass is 592 g/mol. The molecule has 2 unspecified atom stereocenters. The summed E-state index contributed by atoms with van der Waals surface area (Å²) in [5.74, 6) is -1.98. The minimum Gasteiger partial charge on any atom is -0.492 e. The van der Waals surface area contributed by atoms with Crippen molar-refractivity contribution in [3.05, 3.63) is 62.2 Å². The number of carbonyl (C=O) groups is 1. The average molecular weight is 592 g/mol. The van der Waals surface area contributed by atoms with Crippen molar-refractivity contribution in [3.8, 4) is 5.75 Å². The zero-order chi connectivity index (χ0) is 24.3. The second kappa shape index (κ2) is 10.6. The van der Waals surface area contributed by atoms with Gasteiger partial charge in [0.1, 0.15) is 17.4 Å². The maximum Gasteiger partial charge on any atom is 0.252 e. The zero-order valence-corrected chi connectivity index (χ0v) is 21.5. The first-order valence-electron chi connectivity index (χ1n) is 10.6. The van der Waals surface area contributed by atoms with Crippen LogP contribution < -0.4 is 10.5 Å². The molecule has 0 heterocycles. The summed E-state index contributed by atoms with van der Waals surface area (Å²) in [4.78, 5) is 12.2. The lowest BCUT2D eigenvalue weighted by Crippen LogP contribution is -2.37. The van der Waals surface area contributed by atoms with Crippen LogP contribution in [0.5, 0.6) is 5.75 Å². The Morgan fingerprint density at radius 2 is 1.91 bits per heavy atom. The number of hydrogen-bond acceptors (Lipinski definition) is 4. The molecule has 0 spiro atoms. The molecule has 2 N–H and O–H groups in total. The minimum atomic E-state index is -3.39. The van der Waals surface area contributed by atoms with Gasteiger partial charge in [0.25, 0.3) is 5.91 Å². The number of sulfonamides is 1. The van der Waals surface area contributed by atoms with Crippen molar-refractivity contribution in [2.75, 3.05) is 20.7 Å². The Labute approximate surface area is 206 Å². The first-order valence-corrected chi connectivity index (χ1v) is 13.2. The van der Waals surface area contributed by atoms with Gasteiger partial charge in [-0.1, -0.05) is 12.5 Å². The Morgan fingerprint density at radius 3 is 2.55 bits per heavy atom. The Bertz CT molecular complexity index is 1140. The van der Waals surface area contributed by atoms with Crippen LogP contribution >= 0.6 is 22.6 Å². The summed E-state index contributed by atoms with van der Waals surface area (Å²) < 4.78 is 61.5. The van der Waals surface area contributed by atoms with Crippen LogP contribution in [0.25, 0.3) is 0 Å². The quantitative estimate of drug-likeness (QED) is 0.468. The van der Waals surface area contributed by atoms with Crippen molar-refractivity contribution in [1.29, 1.82) is 0 Å². The van der Waals surface area contributed by atoms with Crippen LogP contribution in [0.3, 0.4) is 0 Å². The van der Waals surface area contributed by atoms with Gasteiger partial charge in [-0.3, -0.25) is 4.79 Å². The Balaban J connectivity index is 1.82. The normalized spacial score (nSPS) is 19.0. The molecule has 33 heavy (non-hydrogen) atoms. The van der Waals surface area contributed by atoms with Crippen molar-refractivity contribution in [3.63, 3.8) is 0 Å². The fourth-order valence-electron chi connectivity index (χ4n) is 4.21. The van der Waals surface area contributed by atoms with E-state index in [0.717, 1.165) is 25.0 Å². The van der Waals surface area contributed by atoms with E-state index in [1.807, 2.05) is 22.6 Å². The molecule has 180 valence electrons. The van der Waals surface area contributed by atoms with E-state index in [1.165, 1.54) is 24.5 Å². The molecule has 1 aliphatic carbocycles. The summed E-state index contributed by atoms with van der Waals surface area (Å²) in [5, 5.41) is -0.502. The molecule has 3 rings (SSSR count). The van der Waals surface area contributed by atoms with Gasteiger partial charge in [0.15, 0.2) is 0 Å². The van der Waals surface area contributed by atoms with E-state index in [0.29, 0.717) is 22.0 Å². The highest BCUT2D eigenvalue weighted by atomic mass is 127. The van der Waals surface area contributed by atoms with Crippen molar-refractivity contribution >= 4 is 38.5 Å². The van der Waals surface area contributed by atoms with Gasteiger partial charge in [-0.15, -0.1) is 0 Å². The summed E-state index contributed by atoms with van der Waals surface area (Å²) in [6.45, 7) is 0.126. The van der Waals surface area contributed by atoms with E-state index in [1.54, 1.807) is 12.1 Å². The number of benzene rings is 2. The van der Waals surface area contributed by atoms with E-state index in [2.05, 4.69) is 0 Å². The van der Waals surface area contributed by atoms with Gasteiger partial charge < -0.3 is 10.5 Å². The lowest BCUT2D eigenvalue weighted by Gasteiger charge is -2.30. The van der Waals surface area contributed by atoms with E-state index in [9.17, 15) is 22.0 Å². The Morgan fingerprint density at radius 1 is 1.18 bits per heavy atom. The van der Waals surface area contributed by atoms with Gasteiger partial charge in [-0.25, -0.2) is 21.5 Å². The van der Waals surface area contributed by atoms with Crippen molar-refractivity contribution in [2.45, 2.75) is 37.4 Å². The summed E-state index contributed by atoms with van der Waals surface area (Å²) in [6, 6.07) is 6.91. The first kappa shape index (κ1) is 25.8. The minimum absolute atomic E-state index is 0.00243. The number of nitrogens with zero attached hydrogens (tertiary/aromatic N) is 1. The van der Waals surface area contributed by atoms with Gasteiger partial charge in [0.2, 0.25) is 10.0 Å². The van der Waals surface area contributed by atoms with Gasteiger partial charge in [-0.2, -0.15) is 0 Å². The van der Waals surface area contributed by atoms with Gasteiger partial charge >= 0.3 is 0 Å². The first-order chi connectivity index (χ1) is 15.5. The highest BCUT2D eigenvalue weighted by Gasteiger charge is 2.33. The Kier molecular flexibility index (Phi) is 8.33. The topological polar surface area (TPSA) is 89.7 Å². The molecule has 1 fully saturated rings. The van der Waals surface area contributed by atoms with Crippen LogP contribution in [-0.4, -0.2) is 44.6 Å². The lowest BCUT2D eigenvalue weighted by molar-refractivity contribution is 0.0993. The molecule has 1 aliphatic rings. The molecule has 0 bridgehead atoms. The summed E-state index contributed by atoms with van der Waals surface area (Å²) in [7, 11) is -0.359. The van der Waals surface area contributed by atoms with Gasteiger partial charge in [0, 0.05) is 30.2 Å². The molecule has 2 atom stereocenters. The molecule has 2 aromatic carbocycles. The van der Waals surface area contributed by atoms with Crippen LogP contribution in [0.15, 0.2) is 30.3 Å². The molecule has 0 aromatic heterocycles. The predicted octanol–water partition coefficient (Wildman–Crippen LogP) is 4.09. The van der Waals surface area contributed by atoms with Crippen LogP contribution in [-0.2, 0) is 16.4 Å². The van der Waals surface area contributed by atoms with Gasteiger partial charge in [0.05, 0.1) is 17.4 Å². The number of primary amides is 1. The number of carbonyl (C=O) groups excluding carboxylic acids is 1. The number of rotatable bonds is 8. The SMILES string of the molecule is CN(C)S(=O)(=O)C1CCCC(COc2cc(F)cc(Cc3ccc(I)cc3F)c2C(N)=O)C1. The number of amides is 1. The second-order valence-electron chi connectivity index (χ2n) is 8.51. The molecule has 10 heteroatoms. The fourth-order valence-corrected chi connectivity index (χ4v) is 6.24. The average Bonchev–Trinajstić information content (AvgIpc) is 2.73. The second-order valence-corrected chi connectivity index (χ2v) is 12.2. The molecule has 0 radical (unpaired) electrons. The predicted molar refractivity (Wildman–Crippen MR) is 131 cm³/mol. The van der Waals surface area contributed by atoms with E-state index < -0.39 is 32.8 Å². The zero-order valence-electron chi connectivity index (χ0n) is 18.5. The number of halogens is 3. The summed E-state index contributed by atoms with van der Waals surface area (Å²) in [6.07, 6.45) is 2.47. The third-order valence-corrected chi connectivity index (χ3v) is 8.89. The van der Waals surface area contributed by atoms with Crippen LogP contribution in [0, 0.1) is 21.1 Å². The third kappa shape index (κ3) is 6.21. The molecule has 6 nitrogen and oxygen atoms in total. The van der Waals surface area contributed by atoms with Crippen LogP contribution in [0.1, 0.15) is 47.2 Å². The standard InChI is InChI=1S/C23H27F2IN2O4S/c1-28(2)33(30,31)19-5-3-4-14(8-19)13-32-21-11-17(24)10-16(22(21)23(27)29)9-15-6-7-18(26)12-20(15)25/h6-7,10-12,14,19H,3-5,8-9,13H2,1-2H3,(H2,27,29). The number of ether oxygens (including phenoxy) is 1. The maximum absolute atomic E-state index is 14.4. The maximum atomic E-state index is 14.4. The largest absolute Gasteiger partial charge is 0.492 e. The van der Waals surface area contributed by atoms with E-state index >= 15 is 0 Å². The van der Waals surface area contributed by atoms with Crippen molar-refractivity contribution in [1.82, 2.24) is 4.31 Å². The van der Waals surface area contributed by atoms with Crippen LogP contribution in [0.2, 0.25) is 0 Å². The molecule has 1 saturated carbocycles. The van der Waals surface area contributed by atoms with Crippen molar-refractivity contribution < 1.29 is 26.7 Å². The highest BCUT2D eigenvalue weighted by Crippen LogP contribution is 2.32. The molecule has 0 aliphatic heterocycles. The smallest absolute Gasteiger partial charge is 0.252 e. The molecular weight excluding hydrogens is 565 g/mol. The number of nitrogens with two attached hydrogens (primary N) is 1. The van der Waals surface area contributed by atoms with E-state index in [-0.39, 0.29) is 35.8 Å². The molecule has 2 aromatic rings. The highest BCUT2D eigenvalue weighted by molar-refractivity contribution is 14.1. The van der Waals surface area contributed by atoms with Gasteiger partial charge in [-0.05, 0) is 77.1 Å². The molecule has 1 amide bonds. The summed E-state index contributed by atoms with van der Waals surface area (Å²) in [5.41, 5.74) is 6.12.